The van der Waals surface area contributed by atoms with Gasteiger partial charge in [0.15, 0.2) is 0 Å². The standard InChI is InChI=1S/C14H22N2O3/c1-19-13-6-3-2-5-12(13)11-16(9-10-17)14(18)7-4-8-15/h2-3,5-6,17H,4,7-11,15H2,1H3. The zero-order valence-corrected chi connectivity index (χ0v) is 11.3. The molecule has 5 heteroatoms. The van der Waals surface area contributed by atoms with Gasteiger partial charge in [0.2, 0.25) is 5.91 Å². The van der Waals surface area contributed by atoms with Crippen molar-refractivity contribution in [1.29, 1.82) is 0 Å². The molecule has 0 aromatic heterocycles. The number of benzene rings is 1. The van der Waals surface area contributed by atoms with Gasteiger partial charge in [0, 0.05) is 25.1 Å². The molecule has 0 saturated carbocycles. The highest BCUT2D eigenvalue weighted by molar-refractivity contribution is 5.76. The van der Waals surface area contributed by atoms with Crippen molar-refractivity contribution in [3.05, 3.63) is 29.8 Å². The van der Waals surface area contributed by atoms with E-state index in [1.807, 2.05) is 24.3 Å². The topological polar surface area (TPSA) is 75.8 Å². The highest BCUT2D eigenvalue weighted by Crippen LogP contribution is 2.19. The summed E-state index contributed by atoms with van der Waals surface area (Å²) in [5.74, 6) is 0.752. The van der Waals surface area contributed by atoms with Gasteiger partial charge in [0.05, 0.1) is 13.7 Å². The van der Waals surface area contributed by atoms with E-state index in [9.17, 15) is 4.79 Å². The van der Waals surface area contributed by atoms with E-state index in [0.717, 1.165) is 11.3 Å². The van der Waals surface area contributed by atoms with Crippen molar-refractivity contribution >= 4 is 5.91 Å². The summed E-state index contributed by atoms with van der Waals surface area (Å²) >= 11 is 0. The first-order chi connectivity index (χ1) is 9.22. The van der Waals surface area contributed by atoms with Crippen LogP contribution in [-0.2, 0) is 11.3 Å². The van der Waals surface area contributed by atoms with Crippen molar-refractivity contribution in [3.8, 4) is 5.75 Å². The Balaban J connectivity index is 2.74. The molecule has 0 bridgehead atoms. The number of amides is 1. The Morgan fingerprint density at radius 3 is 2.79 bits per heavy atom. The largest absolute Gasteiger partial charge is 0.496 e. The van der Waals surface area contributed by atoms with Gasteiger partial charge in [0.25, 0.3) is 0 Å². The summed E-state index contributed by atoms with van der Waals surface area (Å²) in [7, 11) is 1.60. The van der Waals surface area contributed by atoms with Crippen LogP contribution in [0.1, 0.15) is 18.4 Å². The average Bonchev–Trinajstić information content (AvgIpc) is 2.44. The smallest absolute Gasteiger partial charge is 0.222 e. The second-order valence-corrected chi connectivity index (χ2v) is 4.24. The fourth-order valence-electron chi connectivity index (χ4n) is 1.86. The third-order valence-electron chi connectivity index (χ3n) is 2.87. The number of nitrogens with zero attached hydrogens (tertiary/aromatic N) is 1. The Bertz CT molecular complexity index is 396. The number of aliphatic hydroxyl groups is 1. The van der Waals surface area contributed by atoms with Crippen LogP contribution in [0.25, 0.3) is 0 Å². The molecule has 0 fully saturated rings. The summed E-state index contributed by atoms with van der Waals surface area (Å²) in [4.78, 5) is 13.6. The molecule has 0 atom stereocenters. The summed E-state index contributed by atoms with van der Waals surface area (Å²) in [6.07, 6.45) is 1.07. The molecule has 3 N–H and O–H groups in total. The lowest BCUT2D eigenvalue weighted by Crippen LogP contribution is -2.33. The summed E-state index contributed by atoms with van der Waals surface area (Å²) in [6.45, 7) is 1.20. The fourth-order valence-corrected chi connectivity index (χ4v) is 1.86. The van der Waals surface area contributed by atoms with Crippen molar-refractivity contribution in [1.82, 2.24) is 4.90 Å². The molecule has 0 aliphatic heterocycles. The molecule has 0 aliphatic carbocycles. The minimum atomic E-state index is -0.0521. The second-order valence-electron chi connectivity index (χ2n) is 4.24. The molecule has 1 amide bonds. The normalized spacial score (nSPS) is 10.3. The van der Waals surface area contributed by atoms with Crippen LogP contribution in [0, 0.1) is 0 Å². The first kappa shape index (κ1) is 15.5. The summed E-state index contributed by atoms with van der Waals surface area (Å²) in [6, 6.07) is 7.56. The molecule has 0 radical (unpaired) electrons. The van der Waals surface area contributed by atoms with Crippen LogP contribution in [0.2, 0.25) is 0 Å². The van der Waals surface area contributed by atoms with Crippen molar-refractivity contribution < 1.29 is 14.6 Å². The SMILES string of the molecule is COc1ccccc1CN(CCO)C(=O)CCCN. The molecule has 1 aromatic rings. The molecule has 1 aromatic carbocycles. The van der Waals surface area contributed by atoms with E-state index < -0.39 is 0 Å². The third kappa shape index (κ3) is 4.89. The number of hydrogen-bond donors (Lipinski definition) is 2. The van der Waals surface area contributed by atoms with Crippen LogP contribution in [0.4, 0.5) is 0 Å². The van der Waals surface area contributed by atoms with Gasteiger partial charge < -0.3 is 20.5 Å². The molecular formula is C14H22N2O3. The molecular weight excluding hydrogens is 244 g/mol. The van der Waals surface area contributed by atoms with Gasteiger partial charge in [-0.05, 0) is 19.0 Å². The van der Waals surface area contributed by atoms with Gasteiger partial charge in [-0.1, -0.05) is 18.2 Å². The Labute approximate surface area is 114 Å². The first-order valence-corrected chi connectivity index (χ1v) is 6.43. The lowest BCUT2D eigenvalue weighted by molar-refractivity contribution is -0.132. The first-order valence-electron chi connectivity index (χ1n) is 6.43. The monoisotopic (exact) mass is 266 g/mol. The molecule has 0 unspecified atom stereocenters. The van der Waals surface area contributed by atoms with Crippen molar-refractivity contribution in [2.75, 3.05) is 26.8 Å². The lowest BCUT2D eigenvalue weighted by atomic mass is 10.1. The van der Waals surface area contributed by atoms with Crippen LogP contribution >= 0.6 is 0 Å². The van der Waals surface area contributed by atoms with Gasteiger partial charge in [-0.2, -0.15) is 0 Å². The molecule has 19 heavy (non-hydrogen) atoms. The van der Waals surface area contributed by atoms with E-state index in [4.69, 9.17) is 15.6 Å². The number of hydrogen-bond acceptors (Lipinski definition) is 4. The van der Waals surface area contributed by atoms with E-state index in [-0.39, 0.29) is 12.5 Å². The van der Waals surface area contributed by atoms with Gasteiger partial charge in [-0.25, -0.2) is 0 Å². The van der Waals surface area contributed by atoms with Crippen LogP contribution in [0.3, 0.4) is 0 Å². The quantitative estimate of drug-likeness (QED) is 0.728. The zero-order valence-electron chi connectivity index (χ0n) is 11.3. The van der Waals surface area contributed by atoms with Gasteiger partial charge >= 0.3 is 0 Å². The number of para-hydroxylation sites is 1. The predicted octanol–water partition coefficient (Wildman–Crippen LogP) is 0.755. The number of nitrogens with two attached hydrogens (primary N) is 1. The number of methoxy groups -OCH3 is 1. The minimum absolute atomic E-state index is 0.00501. The van der Waals surface area contributed by atoms with Crippen molar-refractivity contribution in [3.63, 3.8) is 0 Å². The fraction of sp³-hybridized carbons (Fsp3) is 0.500. The molecule has 1 rings (SSSR count). The predicted molar refractivity (Wildman–Crippen MR) is 73.8 cm³/mol. The second kappa shape index (κ2) is 8.50. The number of carbonyl (C=O) groups is 1. The summed E-state index contributed by atoms with van der Waals surface area (Å²) in [5, 5.41) is 9.07. The van der Waals surface area contributed by atoms with Gasteiger partial charge in [-0.3, -0.25) is 4.79 Å². The Morgan fingerprint density at radius 1 is 1.42 bits per heavy atom. The van der Waals surface area contributed by atoms with Crippen LogP contribution < -0.4 is 10.5 Å². The summed E-state index contributed by atoms with van der Waals surface area (Å²) in [5.41, 5.74) is 6.34. The lowest BCUT2D eigenvalue weighted by Gasteiger charge is -2.23. The van der Waals surface area contributed by atoms with E-state index in [1.54, 1.807) is 12.0 Å². The maximum atomic E-state index is 12.0. The zero-order chi connectivity index (χ0) is 14.1. The van der Waals surface area contributed by atoms with E-state index >= 15 is 0 Å². The highest BCUT2D eigenvalue weighted by atomic mass is 16.5. The molecule has 0 saturated heterocycles. The third-order valence-corrected chi connectivity index (χ3v) is 2.87. The Hall–Kier alpha value is -1.59. The molecule has 5 nitrogen and oxygen atoms in total. The highest BCUT2D eigenvalue weighted by Gasteiger charge is 2.14. The Morgan fingerprint density at radius 2 is 2.16 bits per heavy atom. The maximum absolute atomic E-state index is 12.0. The van der Waals surface area contributed by atoms with E-state index in [1.165, 1.54) is 0 Å². The number of carbonyl (C=O) groups excluding carboxylic acids is 1. The number of aliphatic hydroxyl groups excluding tert-OH is 1. The molecule has 0 aliphatic rings. The summed E-state index contributed by atoms with van der Waals surface area (Å²) < 4.78 is 5.26. The van der Waals surface area contributed by atoms with Crippen LogP contribution in [0.5, 0.6) is 5.75 Å². The van der Waals surface area contributed by atoms with E-state index in [2.05, 4.69) is 0 Å². The van der Waals surface area contributed by atoms with Crippen molar-refractivity contribution in [2.24, 2.45) is 5.73 Å². The van der Waals surface area contributed by atoms with Crippen LogP contribution in [0.15, 0.2) is 24.3 Å². The number of ether oxygens (including phenoxy) is 1. The molecule has 0 heterocycles. The maximum Gasteiger partial charge on any atom is 0.222 e. The van der Waals surface area contributed by atoms with Crippen LogP contribution in [-0.4, -0.2) is 42.7 Å². The average molecular weight is 266 g/mol. The molecule has 106 valence electrons. The Kier molecular flexibility index (Phi) is 6.92. The van der Waals surface area contributed by atoms with E-state index in [0.29, 0.717) is 32.5 Å². The minimum Gasteiger partial charge on any atom is -0.496 e. The molecule has 0 spiro atoms. The van der Waals surface area contributed by atoms with Gasteiger partial charge in [0.1, 0.15) is 5.75 Å². The number of rotatable bonds is 8. The van der Waals surface area contributed by atoms with Gasteiger partial charge in [-0.15, -0.1) is 0 Å². The van der Waals surface area contributed by atoms with Crippen molar-refractivity contribution in [2.45, 2.75) is 19.4 Å².